The third-order valence-corrected chi connectivity index (χ3v) is 2.77. The van der Waals surface area contributed by atoms with E-state index >= 15 is 0 Å². The largest absolute Gasteiger partial charge is 0.454 e. The number of aromatic nitrogens is 1. The third kappa shape index (κ3) is 2.26. The van der Waals surface area contributed by atoms with Crippen LogP contribution in [0, 0.1) is 11.3 Å². The molecule has 3 rings (SSSR count). The number of hydrogen-bond acceptors (Lipinski definition) is 4. The number of rotatable bonds is 2. The molecule has 0 atom stereocenters. The van der Waals surface area contributed by atoms with Crippen LogP contribution >= 0.6 is 0 Å². The van der Waals surface area contributed by atoms with Gasteiger partial charge in [-0.25, -0.2) is 0 Å². The summed E-state index contributed by atoms with van der Waals surface area (Å²) in [7, 11) is 0. The first-order valence-corrected chi connectivity index (χ1v) is 5.80. The molecule has 0 fully saturated rings. The van der Waals surface area contributed by atoms with Crippen LogP contribution in [0.5, 0.6) is 11.5 Å². The molecule has 1 aliphatic heterocycles. The zero-order valence-corrected chi connectivity index (χ0v) is 10.0. The van der Waals surface area contributed by atoms with Gasteiger partial charge in [-0.3, -0.25) is 4.98 Å². The summed E-state index contributed by atoms with van der Waals surface area (Å²) in [6, 6.07) is 13.2. The molecular formula is C15H10N2O2. The number of fused-ring (bicyclic) bond motifs is 1. The van der Waals surface area contributed by atoms with E-state index < -0.39 is 0 Å². The van der Waals surface area contributed by atoms with Crippen LogP contribution < -0.4 is 9.47 Å². The Balaban J connectivity index is 1.98. The van der Waals surface area contributed by atoms with Gasteiger partial charge in [-0.2, -0.15) is 5.26 Å². The van der Waals surface area contributed by atoms with Gasteiger partial charge < -0.3 is 9.47 Å². The summed E-state index contributed by atoms with van der Waals surface area (Å²) >= 11 is 0. The van der Waals surface area contributed by atoms with Crippen LogP contribution in [0.4, 0.5) is 0 Å². The zero-order chi connectivity index (χ0) is 13.1. The van der Waals surface area contributed by atoms with Gasteiger partial charge in [-0.05, 0) is 35.9 Å². The first-order chi connectivity index (χ1) is 9.36. The second-order valence-corrected chi connectivity index (χ2v) is 4.00. The Morgan fingerprint density at radius 2 is 2.11 bits per heavy atom. The summed E-state index contributed by atoms with van der Waals surface area (Å²) in [4.78, 5) is 4.17. The normalized spacial score (nSPS) is 13.1. The van der Waals surface area contributed by atoms with Crippen molar-refractivity contribution in [1.29, 1.82) is 5.26 Å². The van der Waals surface area contributed by atoms with E-state index in [1.807, 2.05) is 36.4 Å². The Morgan fingerprint density at radius 3 is 2.89 bits per heavy atom. The van der Waals surface area contributed by atoms with Crippen molar-refractivity contribution >= 4 is 11.6 Å². The van der Waals surface area contributed by atoms with E-state index in [0.29, 0.717) is 17.0 Å². The second-order valence-electron chi connectivity index (χ2n) is 4.00. The Labute approximate surface area is 110 Å². The lowest BCUT2D eigenvalue weighted by Gasteiger charge is -2.00. The predicted octanol–water partition coefficient (Wildman–Crippen LogP) is 2.87. The summed E-state index contributed by atoms with van der Waals surface area (Å²) in [5, 5.41) is 9.22. The molecule has 92 valence electrons. The fourth-order valence-corrected chi connectivity index (χ4v) is 1.86. The molecule has 1 aromatic carbocycles. The molecule has 4 heteroatoms. The van der Waals surface area contributed by atoms with Crippen LogP contribution in [0.25, 0.3) is 11.6 Å². The number of allylic oxidation sites excluding steroid dienone is 1. The molecule has 0 aliphatic carbocycles. The van der Waals surface area contributed by atoms with Crippen molar-refractivity contribution in [2.24, 2.45) is 0 Å². The van der Waals surface area contributed by atoms with Crippen molar-refractivity contribution in [1.82, 2.24) is 4.98 Å². The summed E-state index contributed by atoms with van der Waals surface area (Å²) < 4.78 is 10.6. The average Bonchev–Trinajstić information content (AvgIpc) is 2.93. The topological polar surface area (TPSA) is 55.1 Å². The highest BCUT2D eigenvalue weighted by Gasteiger charge is 2.13. The van der Waals surface area contributed by atoms with Gasteiger partial charge in [0.25, 0.3) is 0 Å². The first-order valence-electron chi connectivity index (χ1n) is 5.80. The van der Waals surface area contributed by atoms with Gasteiger partial charge in [0.2, 0.25) is 6.79 Å². The van der Waals surface area contributed by atoms with E-state index in [2.05, 4.69) is 11.1 Å². The van der Waals surface area contributed by atoms with E-state index in [1.165, 1.54) is 0 Å². The minimum atomic E-state index is 0.244. The Kier molecular flexibility index (Phi) is 2.87. The van der Waals surface area contributed by atoms with Crippen molar-refractivity contribution in [2.45, 2.75) is 0 Å². The molecule has 19 heavy (non-hydrogen) atoms. The second kappa shape index (κ2) is 4.83. The molecule has 2 heterocycles. The Hall–Kier alpha value is -2.80. The third-order valence-electron chi connectivity index (χ3n) is 2.77. The SMILES string of the molecule is N#C/C(=C/c1ccc2c(c1)OCO2)c1ccccn1. The van der Waals surface area contributed by atoms with E-state index in [9.17, 15) is 5.26 Å². The van der Waals surface area contributed by atoms with Crippen LogP contribution in [0.15, 0.2) is 42.6 Å². The lowest BCUT2D eigenvalue weighted by atomic mass is 10.1. The first kappa shape index (κ1) is 11.3. The molecular weight excluding hydrogens is 240 g/mol. The minimum Gasteiger partial charge on any atom is -0.454 e. The van der Waals surface area contributed by atoms with Gasteiger partial charge in [-0.1, -0.05) is 12.1 Å². The average molecular weight is 250 g/mol. The maximum atomic E-state index is 9.22. The van der Waals surface area contributed by atoms with Gasteiger partial charge in [0, 0.05) is 6.20 Å². The molecule has 0 radical (unpaired) electrons. The number of nitrogens with zero attached hydrogens (tertiary/aromatic N) is 2. The van der Waals surface area contributed by atoms with Gasteiger partial charge in [0.05, 0.1) is 11.3 Å². The molecule has 4 nitrogen and oxygen atoms in total. The van der Waals surface area contributed by atoms with Crippen LogP contribution in [0.2, 0.25) is 0 Å². The predicted molar refractivity (Wildman–Crippen MR) is 70.3 cm³/mol. The fourth-order valence-electron chi connectivity index (χ4n) is 1.86. The molecule has 0 amide bonds. The van der Waals surface area contributed by atoms with Crippen LogP contribution in [0.3, 0.4) is 0 Å². The van der Waals surface area contributed by atoms with E-state index in [-0.39, 0.29) is 6.79 Å². The van der Waals surface area contributed by atoms with Crippen LogP contribution in [0.1, 0.15) is 11.3 Å². The van der Waals surface area contributed by atoms with Crippen molar-refractivity contribution in [3.63, 3.8) is 0 Å². The fraction of sp³-hybridized carbons (Fsp3) is 0.0667. The van der Waals surface area contributed by atoms with E-state index in [4.69, 9.17) is 9.47 Å². The van der Waals surface area contributed by atoms with Crippen molar-refractivity contribution in [2.75, 3.05) is 6.79 Å². The molecule has 2 aromatic rings. The van der Waals surface area contributed by atoms with Crippen molar-refractivity contribution in [3.8, 4) is 17.6 Å². The maximum absolute atomic E-state index is 9.22. The highest BCUT2D eigenvalue weighted by molar-refractivity contribution is 5.88. The summed E-state index contributed by atoms with van der Waals surface area (Å²) in [5.74, 6) is 1.43. The molecule has 1 aliphatic rings. The van der Waals surface area contributed by atoms with Crippen LogP contribution in [-0.4, -0.2) is 11.8 Å². The van der Waals surface area contributed by atoms with Gasteiger partial charge in [0.1, 0.15) is 6.07 Å². The molecule has 0 saturated carbocycles. The molecule has 0 bridgehead atoms. The molecule has 0 unspecified atom stereocenters. The highest BCUT2D eigenvalue weighted by Crippen LogP contribution is 2.33. The number of hydrogen-bond donors (Lipinski definition) is 0. The van der Waals surface area contributed by atoms with E-state index in [0.717, 1.165) is 11.3 Å². The number of benzene rings is 1. The number of nitriles is 1. The van der Waals surface area contributed by atoms with Crippen molar-refractivity contribution in [3.05, 3.63) is 53.9 Å². The lowest BCUT2D eigenvalue weighted by Crippen LogP contribution is -1.92. The van der Waals surface area contributed by atoms with E-state index in [1.54, 1.807) is 12.3 Å². The number of pyridine rings is 1. The van der Waals surface area contributed by atoms with Crippen LogP contribution in [-0.2, 0) is 0 Å². The monoisotopic (exact) mass is 250 g/mol. The summed E-state index contributed by atoms with van der Waals surface area (Å²) in [5.41, 5.74) is 2.05. The van der Waals surface area contributed by atoms with Gasteiger partial charge in [0.15, 0.2) is 11.5 Å². The standard InChI is InChI=1S/C15H10N2O2/c16-9-12(13-3-1-2-6-17-13)7-11-4-5-14-15(8-11)19-10-18-14/h1-8H,10H2/b12-7-. The quantitative estimate of drug-likeness (QED) is 0.769. The zero-order valence-electron chi connectivity index (χ0n) is 10.0. The van der Waals surface area contributed by atoms with Gasteiger partial charge in [-0.15, -0.1) is 0 Å². The molecule has 0 N–H and O–H groups in total. The van der Waals surface area contributed by atoms with Crippen molar-refractivity contribution < 1.29 is 9.47 Å². The lowest BCUT2D eigenvalue weighted by molar-refractivity contribution is 0.174. The summed E-state index contributed by atoms with van der Waals surface area (Å²) in [6.07, 6.45) is 3.45. The highest BCUT2D eigenvalue weighted by atomic mass is 16.7. The number of ether oxygens (including phenoxy) is 2. The van der Waals surface area contributed by atoms with Gasteiger partial charge >= 0.3 is 0 Å². The molecule has 0 saturated heterocycles. The summed E-state index contributed by atoms with van der Waals surface area (Å²) in [6.45, 7) is 0.244. The Bertz CT molecular complexity index is 672. The maximum Gasteiger partial charge on any atom is 0.231 e. The molecule has 0 spiro atoms. The minimum absolute atomic E-state index is 0.244. The molecule has 1 aromatic heterocycles. The smallest absolute Gasteiger partial charge is 0.231 e. The Morgan fingerprint density at radius 1 is 1.21 bits per heavy atom.